The molecule has 1 unspecified atom stereocenters. The van der Waals surface area contributed by atoms with Gasteiger partial charge < -0.3 is 14.8 Å². The van der Waals surface area contributed by atoms with Crippen LogP contribution in [-0.2, 0) is 0 Å². The van der Waals surface area contributed by atoms with Gasteiger partial charge in [0.1, 0.15) is 11.1 Å². The molecule has 2 aromatic rings. The summed E-state index contributed by atoms with van der Waals surface area (Å²) >= 11 is 3.34. The van der Waals surface area contributed by atoms with E-state index in [9.17, 15) is 9.59 Å². The molecule has 1 aromatic carbocycles. The Morgan fingerprint density at radius 3 is 2.85 bits per heavy atom. The maximum atomic E-state index is 12.1. The molecule has 0 aliphatic heterocycles. The molecule has 0 spiro atoms. The van der Waals surface area contributed by atoms with Crippen LogP contribution in [0.4, 0.5) is 0 Å². The van der Waals surface area contributed by atoms with Gasteiger partial charge in [-0.05, 0) is 37.6 Å². The molecule has 5 nitrogen and oxygen atoms in total. The van der Waals surface area contributed by atoms with Gasteiger partial charge in [0.05, 0.1) is 6.61 Å². The average molecular weight is 340 g/mol. The minimum atomic E-state index is -0.681. The number of aryl methyl sites for hydroxylation is 1. The van der Waals surface area contributed by atoms with Crippen molar-refractivity contribution in [2.75, 3.05) is 6.61 Å². The topological polar surface area (TPSA) is 79.5 Å². The van der Waals surface area contributed by atoms with Gasteiger partial charge in [-0.15, -0.1) is 0 Å². The monoisotopic (exact) mass is 339 g/mol. The van der Waals surface area contributed by atoms with E-state index in [4.69, 9.17) is 9.52 Å². The van der Waals surface area contributed by atoms with Gasteiger partial charge in [0.25, 0.3) is 5.91 Å². The summed E-state index contributed by atoms with van der Waals surface area (Å²) in [6, 6.07) is 4.80. The fourth-order valence-corrected chi connectivity index (χ4v) is 2.29. The number of hydrogen-bond acceptors (Lipinski definition) is 4. The van der Waals surface area contributed by atoms with Crippen LogP contribution in [0.25, 0.3) is 11.0 Å². The minimum absolute atomic E-state index is 0.0316. The highest BCUT2D eigenvalue weighted by atomic mass is 79.9. The molecule has 0 aliphatic carbocycles. The van der Waals surface area contributed by atoms with E-state index in [0.717, 1.165) is 4.47 Å². The van der Waals surface area contributed by atoms with Crippen molar-refractivity contribution in [2.45, 2.75) is 19.9 Å². The molecule has 1 heterocycles. The summed E-state index contributed by atoms with van der Waals surface area (Å²) in [6.07, 6.45) is 0. The average Bonchev–Trinajstić information content (AvgIpc) is 2.39. The van der Waals surface area contributed by atoms with Gasteiger partial charge in [-0.25, -0.2) is 4.79 Å². The summed E-state index contributed by atoms with van der Waals surface area (Å²) in [5.74, 6) is -0.542. The van der Waals surface area contributed by atoms with Crippen molar-refractivity contribution < 1.29 is 14.3 Å². The summed E-state index contributed by atoms with van der Waals surface area (Å²) in [4.78, 5) is 24.0. The number of hydrogen-bond donors (Lipinski definition) is 2. The Balaban J connectivity index is 2.59. The molecule has 0 saturated heterocycles. The van der Waals surface area contributed by atoms with Crippen LogP contribution in [0, 0.1) is 6.92 Å². The number of aliphatic hydroxyl groups is 1. The van der Waals surface area contributed by atoms with Crippen molar-refractivity contribution in [3.63, 3.8) is 0 Å². The van der Waals surface area contributed by atoms with Gasteiger partial charge in [-0.1, -0.05) is 15.9 Å². The Kier molecular flexibility index (Phi) is 4.25. The van der Waals surface area contributed by atoms with E-state index >= 15 is 0 Å². The lowest BCUT2D eigenvalue weighted by Gasteiger charge is -2.12. The molecule has 6 heteroatoms. The number of carbonyl (C=O) groups is 1. The lowest BCUT2D eigenvalue weighted by atomic mass is 10.1. The minimum Gasteiger partial charge on any atom is -0.422 e. The number of nitrogens with one attached hydrogen (secondary N) is 1. The molecule has 0 fully saturated rings. The highest BCUT2D eigenvalue weighted by molar-refractivity contribution is 9.10. The fourth-order valence-electron chi connectivity index (χ4n) is 1.93. The number of benzene rings is 1. The molecule has 2 rings (SSSR count). The van der Waals surface area contributed by atoms with Crippen LogP contribution in [0.2, 0.25) is 0 Å². The Morgan fingerprint density at radius 2 is 2.20 bits per heavy atom. The maximum Gasteiger partial charge on any atom is 0.349 e. The summed E-state index contributed by atoms with van der Waals surface area (Å²) in [5, 5.41) is 12.2. The number of fused-ring (bicyclic) bond motifs is 1. The summed E-state index contributed by atoms with van der Waals surface area (Å²) in [5.41, 5.74) is 0.276. The first-order valence-electron chi connectivity index (χ1n) is 6.08. The van der Waals surface area contributed by atoms with E-state index in [1.54, 1.807) is 32.0 Å². The maximum absolute atomic E-state index is 12.1. The van der Waals surface area contributed by atoms with Crippen molar-refractivity contribution >= 4 is 32.8 Å². The lowest BCUT2D eigenvalue weighted by molar-refractivity contribution is 0.0918. The van der Waals surface area contributed by atoms with Crippen LogP contribution in [0.1, 0.15) is 22.8 Å². The molecular formula is C14H14BrNO4. The smallest absolute Gasteiger partial charge is 0.349 e. The highest BCUT2D eigenvalue weighted by Crippen LogP contribution is 2.23. The summed E-state index contributed by atoms with van der Waals surface area (Å²) < 4.78 is 6.00. The zero-order chi connectivity index (χ0) is 14.9. The lowest BCUT2D eigenvalue weighted by Crippen LogP contribution is -2.37. The summed E-state index contributed by atoms with van der Waals surface area (Å²) in [7, 11) is 0. The number of halogens is 1. The van der Waals surface area contributed by atoms with E-state index in [0.29, 0.717) is 16.5 Å². The van der Waals surface area contributed by atoms with E-state index in [-0.39, 0.29) is 12.2 Å². The Bertz CT molecular complexity index is 723. The number of aliphatic hydroxyl groups excluding tert-OH is 1. The fraction of sp³-hybridized carbons (Fsp3) is 0.286. The van der Waals surface area contributed by atoms with Gasteiger partial charge in [0.15, 0.2) is 0 Å². The molecule has 1 atom stereocenters. The quantitative estimate of drug-likeness (QED) is 0.838. The van der Waals surface area contributed by atoms with Crippen LogP contribution in [0.15, 0.2) is 31.9 Å². The number of carbonyl (C=O) groups excluding carboxylic acids is 1. The standard InChI is InChI=1S/C14H14BrNO4/c1-7(6-17)16-13(18)12-8(2)10-5-9(15)3-4-11(10)20-14(12)19/h3-5,7,17H,6H2,1-2H3,(H,16,18). The van der Waals surface area contributed by atoms with Crippen molar-refractivity contribution in [2.24, 2.45) is 0 Å². The first-order valence-corrected chi connectivity index (χ1v) is 6.88. The molecule has 0 radical (unpaired) electrons. The Morgan fingerprint density at radius 1 is 1.50 bits per heavy atom. The Labute approximate surface area is 123 Å². The van der Waals surface area contributed by atoms with Gasteiger partial charge in [0, 0.05) is 15.9 Å². The van der Waals surface area contributed by atoms with Gasteiger partial charge in [0.2, 0.25) is 0 Å². The molecular weight excluding hydrogens is 326 g/mol. The third-order valence-electron chi connectivity index (χ3n) is 3.01. The van der Waals surface area contributed by atoms with Crippen LogP contribution >= 0.6 is 15.9 Å². The first kappa shape index (κ1) is 14.7. The molecule has 0 aliphatic rings. The van der Waals surface area contributed by atoms with Crippen molar-refractivity contribution in [1.29, 1.82) is 0 Å². The van der Waals surface area contributed by atoms with Gasteiger partial charge in [-0.3, -0.25) is 4.79 Å². The molecule has 106 valence electrons. The SMILES string of the molecule is Cc1c(C(=O)NC(C)CO)c(=O)oc2ccc(Br)cc12. The van der Waals surface area contributed by atoms with Crippen LogP contribution in [0.5, 0.6) is 0 Å². The molecule has 0 bridgehead atoms. The van der Waals surface area contributed by atoms with Gasteiger partial charge >= 0.3 is 5.63 Å². The Hall–Kier alpha value is -1.66. The van der Waals surface area contributed by atoms with E-state index < -0.39 is 17.6 Å². The van der Waals surface area contributed by atoms with Crippen molar-refractivity contribution in [3.8, 4) is 0 Å². The van der Waals surface area contributed by atoms with Crippen LogP contribution in [-0.4, -0.2) is 23.7 Å². The van der Waals surface area contributed by atoms with E-state index in [1.807, 2.05) is 0 Å². The molecule has 1 amide bonds. The van der Waals surface area contributed by atoms with Crippen molar-refractivity contribution in [1.82, 2.24) is 5.32 Å². The normalized spacial score (nSPS) is 12.4. The predicted octanol–water partition coefficient (Wildman–Crippen LogP) is 1.97. The largest absolute Gasteiger partial charge is 0.422 e. The number of rotatable bonds is 3. The number of amides is 1. The highest BCUT2D eigenvalue weighted by Gasteiger charge is 2.19. The molecule has 2 N–H and O–H groups in total. The van der Waals surface area contributed by atoms with E-state index in [1.165, 1.54) is 0 Å². The second-order valence-corrected chi connectivity index (χ2v) is 5.50. The first-order chi connectivity index (χ1) is 9.43. The van der Waals surface area contributed by atoms with E-state index in [2.05, 4.69) is 21.2 Å². The third-order valence-corrected chi connectivity index (χ3v) is 3.50. The molecule has 0 saturated carbocycles. The van der Waals surface area contributed by atoms with Crippen molar-refractivity contribution in [3.05, 3.63) is 44.2 Å². The van der Waals surface area contributed by atoms with Crippen LogP contribution < -0.4 is 10.9 Å². The molecule has 1 aromatic heterocycles. The zero-order valence-corrected chi connectivity index (χ0v) is 12.7. The predicted molar refractivity (Wildman–Crippen MR) is 78.9 cm³/mol. The molecule has 20 heavy (non-hydrogen) atoms. The van der Waals surface area contributed by atoms with Crippen LogP contribution in [0.3, 0.4) is 0 Å². The third kappa shape index (κ3) is 2.76. The second kappa shape index (κ2) is 5.76. The second-order valence-electron chi connectivity index (χ2n) is 4.59. The van der Waals surface area contributed by atoms with Gasteiger partial charge in [-0.2, -0.15) is 0 Å². The summed E-state index contributed by atoms with van der Waals surface area (Å²) in [6.45, 7) is 3.14. The zero-order valence-electron chi connectivity index (χ0n) is 11.1.